The zero-order valence-corrected chi connectivity index (χ0v) is 16.1. The maximum atomic E-state index is 11.1. The highest BCUT2D eigenvalue weighted by Gasteiger charge is 2.43. The Kier molecular flexibility index (Phi) is 6.91. The summed E-state index contributed by atoms with van der Waals surface area (Å²) in [6, 6.07) is 0. The Morgan fingerprint density at radius 1 is 1.19 bits per heavy atom. The molecular weight excluding hydrogens is 284 g/mol. The topological polar surface area (TPSA) is 70.6 Å². The maximum absolute atomic E-state index is 11.1. The first-order valence-electron chi connectivity index (χ1n) is 7.65. The quantitative estimate of drug-likeness (QED) is 0.495. The van der Waals surface area contributed by atoms with Crippen molar-refractivity contribution in [3.63, 3.8) is 0 Å². The van der Waals surface area contributed by atoms with E-state index in [9.17, 15) is 4.79 Å². The molecule has 0 aliphatic heterocycles. The van der Waals surface area contributed by atoms with Crippen LogP contribution in [0.1, 0.15) is 48.5 Å². The van der Waals surface area contributed by atoms with Gasteiger partial charge in [-0.25, -0.2) is 4.79 Å². The molecule has 2 atom stereocenters. The molecule has 0 aliphatic rings. The minimum atomic E-state index is -1.96. The summed E-state index contributed by atoms with van der Waals surface area (Å²) in [5.74, 6) is 0.431. The van der Waals surface area contributed by atoms with Crippen LogP contribution in [0.25, 0.3) is 0 Å². The van der Waals surface area contributed by atoms with Crippen LogP contribution in [0.3, 0.4) is 0 Å². The van der Waals surface area contributed by atoms with Gasteiger partial charge in [-0.3, -0.25) is 5.32 Å². The van der Waals surface area contributed by atoms with Gasteiger partial charge in [0.25, 0.3) is 0 Å². The molecule has 0 aromatic rings. The third kappa shape index (κ3) is 6.36. The zero-order chi connectivity index (χ0) is 17.1. The lowest BCUT2D eigenvalue weighted by molar-refractivity contribution is 0.0662. The third-order valence-electron chi connectivity index (χ3n) is 4.33. The average molecular weight is 319 g/mol. The molecule has 1 amide bonds. The largest absolute Gasteiger partial charge is 0.465 e. The Bertz CT molecular complexity index is 353. The van der Waals surface area contributed by atoms with Crippen LogP contribution in [0, 0.1) is 5.92 Å². The molecule has 0 bridgehead atoms. The second kappa shape index (κ2) is 7.11. The second-order valence-corrected chi connectivity index (χ2v) is 12.7. The summed E-state index contributed by atoms with van der Waals surface area (Å²) < 4.78 is 6.35. The van der Waals surface area contributed by atoms with Crippen molar-refractivity contribution in [2.24, 2.45) is 5.92 Å². The molecule has 0 aromatic heterocycles. The van der Waals surface area contributed by atoms with Gasteiger partial charge in [0.15, 0.2) is 8.32 Å². The molecule has 3 N–H and O–H groups in total. The van der Waals surface area contributed by atoms with E-state index in [0.717, 1.165) is 6.54 Å². The Morgan fingerprint density at radius 2 is 1.67 bits per heavy atom. The fraction of sp³-hybridized carbons (Fsp3) is 0.933. The molecular formula is C15H34N2O3Si. The van der Waals surface area contributed by atoms with Crippen molar-refractivity contribution in [3.05, 3.63) is 0 Å². The van der Waals surface area contributed by atoms with Gasteiger partial charge in [0.05, 0.1) is 6.10 Å². The molecule has 0 saturated carbocycles. The number of hydrogen-bond acceptors (Lipinski definition) is 3. The molecule has 0 saturated heterocycles. The molecule has 0 unspecified atom stereocenters. The predicted octanol–water partition coefficient (Wildman–Crippen LogP) is 3.63. The van der Waals surface area contributed by atoms with Crippen molar-refractivity contribution in [2.45, 2.75) is 78.4 Å². The van der Waals surface area contributed by atoms with Gasteiger partial charge in [0.1, 0.15) is 5.66 Å². The summed E-state index contributed by atoms with van der Waals surface area (Å²) in [4.78, 5) is 11.1. The second-order valence-electron chi connectivity index (χ2n) is 7.93. The van der Waals surface area contributed by atoms with Crippen molar-refractivity contribution >= 4 is 14.4 Å². The van der Waals surface area contributed by atoms with Crippen LogP contribution in [0.15, 0.2) is 0 Å². The van der Waals surface area contributed by atoms with E-state index in [1.807, 2.05) is 13.8 Å². The van der Waals surface area contributed by atoms with Gasteiger partial charge in [-0.15, -0.1) is 0 Å². The van der Waals surface area contributed by atoms with Gasteiger partial charge in [-0.2, -0.15) is 0 Å². The smallest absolute Gasteiger partial charge is 0.406 e. The highest BCUT2D eigenvalue weighted by atomic mass is 28.4. The third-order valence-corrected chi connectivity index (χ3v) is 8.89. The van der Waals surface area contributed by atoms with E-state index in [2.05, 4.69) is 58.3 Å². The molecule has 0 spiro atoms. The van der Waals surface area contributed by atoms with Crippen molar-refractivity contribution in [1.82, 2.24) is 10.6 Å². The molecule has 0 aliphatic carbocycles. The van der Waals surface area contributed by atoms with Gasteiger partial charge in [-0.1, -0.05) is 34.6 Å². The van der Waals surface area contributed by atoms with Crippen molar-refractivity contribution in [1.29, 1.82) is 0 Å². The van der Waals surface area contributed by atoms with E-state index in [0.29, 0.717) is 5.92 Å². The summed E-state index contributed by atoms with van der Waals surface area (Å²) in [6.45, 7) is 19.6. The van der Waals surface area contributed by atoms with E-state index >= 15 is 0 Å². The summed E-state index contributed by atoms with van der Waals surface area (Å²) in [7, 11) is -1.96. The van der Waals surface area contributed by atoms with Crippen LogP contribution >= 0.6 is 0 Å². The zero-order valence-electron chi connectivity index (χ0n) is 15.1. The van der Waals surface area contributed by atoms with Crippen molar-refractivity contribution in [3.8, 4) is 0 Å². The highest BCUT2D eigenvalue weighted by Crippen LogP contribution is 2.38. The number of carbonyl (C=O) groups is 1. The van der Waals surface area contributed by atoms with Crippen LogP contribution in [0.5, 0.6) is 0 Å². The highest BCUT2D eigenvalue weighted by molar-refractivity contribution is 6.74. The Balaban J connectivity index is 5.11. The fourth-order valence-corrected chi connectivity index (χ4v) is 3.14. The van der Waals surface area contributed by atoms with Crippen LogP contribution in [-0.2, 0) is 4.43 Å². The number of nitrogens with one attached hydrogen (secondary N) is 2. The van der Waals surface area contributed by atoms with Crippen LogP contribution < -0.4 is 10.6 Å². The minimum absolute atomic E-state index is 0.0867. The molecule has 0 fully saturated rings. The normalized spacial score (nSPS) is 17.4. The van der Waals surface area contributed by atoms with E-state index in [4.69, 9.17) is 9.53 Å². The maximum Gasteiger partial charge on any atom is 0.406 e. The summed E-state index contributed by atoms with van der Waals surface area (Å²) in [5, 5.41) is 15.1. The lowest BCUT2D eigenvalue weighted by Crippen LogP contribution is -2.66. The fourth-order valence-electron chi connectivity index (χ4n) is 1.66. The van der Waals surface area contributed by atoms with Gasteiger partial charge in [-0.05, 0) is 44.4 Å². The summed E-state index contributed by atoms with van der Waals surface area (Å²) in [6.07, 6.45) is -1.30. The SMILES string of the molecule is CC(C)CN[C@](C)(NC(=O)O)[C@H](C)O[Si](C)(C)C(C)(C)C. The predicted molar refractivity (Wildman–Crippen MR) is 90.2 cm³/mol. The van der Waals surface area contributed by atoms with E-state index < -0.39 is 20.1 Å². The first kappa shape index (κ1) is 20.4. The molecule has 6 heteroatoms. The minimum Gasteiger partial charge on any atom is -0.465 e. The van der Waals surface area contributed by atoms with Gasteiger partial charge in [0.2, 0.25) is 0 Å². The summed E-state index contributed by atoms with van der Waals surface area (Å²) >= 11 is 0. The molecule has 5 nitrogen and oxygen atoms in total. The first-order chi connectivity index (χ1) is 9.21. The lowest BCUT2D eigenvalue weighted by atomic mass is 10.1. The number of rotatable bonds is 7. The van der Waals surface area contributed by atoms with Crippen LogP contribution in [0.4, 0.5) is 4.79 Å². The molecule has 21 heavy (non-hydrogen) atoms. The van der Waals surface area contributed by atoms with E-state index in [1.54, 1.807) is 0 Å². The van der Waals surface area contributed by atoms with Gasteiger partial charge in [0, 0.05) is 0 Å². The van der Waals surface area contributed by atoms with E-state index in [-0.39, 0.29) is 11.1 Å². The van der Waals surface area contributed by atoms with Crippen molar-refractivity contribution < 1.29 is 14.3 Å². The number of carboxylic acid groups (broad SMARTS) is 1. The number of hydrogen-bond donors (Lipinski definition) is 3. The number of amides is 1. The molecule has 126 valence electrons. The molecule has 0 heterocycles. The van der Waals surface area contributed by atoms with E-state index in [1.165, 1.54) is 0 Å². The Morgan fingerprint density at radius 3 is 2.00 bits per heavy atom. The monoisotopic (exact) mass is 318 g/mol. The van der Waals surface area contributed by atoms with Crippen LogP contribution in [-0.4, -0.2) is 37.8 Å². The first-order valence-corrected chi connectivity index (χ1v) is 10.6. The van der Waals surface area contributed by atoms with Crippen LogP contribution in [0.2, 0.25) is 18.1 Å². The molecule has 0 aromatic carbocycles. The van der Waals surface area contributed by atoms with Gasteiger partial charge < -0.3 is 14.8 Å². The molecule has 0 rings (SSSR count). The van der Waals surface area contributed by atoms with Crippen molar-refractivity contribution in [2.75, 3.05) is 6.54 Å². The lowest BCUT2D eigenvalue weighted by Gasteiger charge is -2.44. The Hall–Kier alpha value is -0.593. The standard InChI is InChI=1S/C15H34N2O3Si/c1-11(2)10-16-15(7,17-13(18)19)12(3)20-21(8,9)14(4,5)6/h11-12,16-17H,10H2,1-9H3,(H,18,19)/t12-,15+/m0/s1. The average Bonchev–Trinajstić information content (AvgIpc) is 2.23. The molecule has 0 radical (unpaired) electrons. The summed E-state index contributed by atoms with van der Waals surface area (Å²) in [5.41, 5.74) is -0.800. The van der Waals surface area contributed by atoms with Gasteiger partial charge >= 0.3 is 6.09 Å². The Labute approximate surface area is 131 Å².